The van der Waals surface area contributed by atoms with Crippen molar-refractivity contribution in [1.82, 2.24) is 9.80 Å². The SMILES string of the molecule is O=C(CSCC(=O)N1CCCN(Cc2ccccc2)CC1)Nc1cccc(Br)c1. The van der Waals surface area contributed by atoms with Crippen LogP contribution in [0.15, 0.2) is 59.1 Å². The minimum absolute atomic E-state index is 0.0918. The summed E-state index contributed by atoms with van der Waals surface area (Å²) in [5.74, 6) is 0.634. The Bertz CT molecular complexity index is 819. The third-order valence-electron chi connectivity index (χ3n) is 4.76. The minimum Gasteiger partial charge on any atom is -0.341 e. The van der Waals surface area contributed by atoms with Gasteiger partial charge in [0, 0.05) is 42.9 Å². The van der Waals surface area contributed by atoms with Crippen LogP contribution in [0.3, 0.4) is 0 Å². The lowest BCUT2D eigenvalue weighted by atomic mass is 10.2. The van der Waals surface area contributed by atoms with Gasteiger partial charge in [-0.15, -0.1) is 11.8 Å². The van der Waals surface area contributed by atoms with E-state index in [4.69, 9.17) is 0 Å². The molecule has 3 rings (SSSR count). The number of nitrogens with one attached hydrogen (secondary N) is 1. The van der Waals surface area contributed by atoms with E-state index in [0.29, 0.717) is 5.75 Å². The van der Waals surface area contributed by atoms with E-state index in [1.807, 2.05) is 35.2 Å². The van der Waals surface area contributed by atoms with Crippen LogP contribution in [0.5, 0.6) is 0 Å². The molecule has 2 aromatic rings. The third kappa shape index (κ3) is 7.49. The lowest BCUT2D eigenvalue weighted by molar-refractivity contribution is -0.128. The molecule has 1 saturated heterocycles. The molecular weight excluding hydrogens is 450 g/mol. The van der Waals surface area contributed by atoms with Gasteiger partial charge in [0.1, 0.15) is 0 Å². The average Bonchev–Trinajstić information content (AvgIpc) is 2.94. The van der Waals surface area contributed by atoms with E-state index in [1.165, 1.54) is 17.3 Å². The van der Waals surface area contributed by atoms with Crippen molar-refractivity contribution in [2.24, 2.45) is 0 Å². The van der Waals surface area contributed by atoms with E-state index in [0.717, 1.165) is 49.3 Å². The lowest BCUT2D eigenvalue weighted by Gasteiger charge is -2.22. The number of halogens is 1. The summed E-state index contributed by atoms with van der Waals surface area (Å²) in [4.78, 5) is 29.0. The quantitative estimate of drug-likeness (QED) is 0.660. The molecule has 0 spiro atoms. The molecule has 5 nitrogen and oxygen atoms in total. The molecule has 154 valence electrons. The fraction of sp³-hybridized carbons (Fsp3) is 0.364. The zero-order valence-corrected chi connectivity index (χ0v) is 18.8. The summed E-state index contributed by atoms with van der Waals surface area (Å²) in [5.41, 5.74) is 2.06. The fourth-order valence-electron chi connectivity index (χ4n) is 3.31. The third-order valence-corrected chi connectivity index (χ3v) is 6.17. The summed E-state index contributed by atoms with van der Waals surface area (Å²) >= 11 is 4.75. The normalized spacial score (nSPS) is 15.0. The Balaban J connectivity index is 1.37. The van der Waals surface area contributed by atoms with Gasteiger partial charge in [-0.25, -0.2) is 0 Å². The summed E-state index contributed by atoms with van der Waals surface area (Å²) in [6.45, 7) is 4.34. The zero-order valence-electron chi connectivity index (χ0n) is 16.4. The second-order valence-electron chi connectivity index (χ2n) is 7.05. The number of benzene rings is 2. The summed E-state index contributed by atoms with van der Waals surface area (Å²) in [5, 5.41) is 2.85. The van der Waals surface area contributed by atoms with E-state index in [1.54, 1.807) is 0 Å². The summed E-state index contributed by atoms with van der Waals surface area (Å²) < 4.78 is 0.917. The molecule has 1 aliphatic rings. The molecule has 0 aromatic heterocycles. The molecule has 1 N–H and O–H groups in total. The maximum atomic E-state index is 12.5. The van der Waals surface area contributed by atoms with Crippen LogP contribution in [-0.2, 0) is 16.1 Å². The van der Waals surface area contributed by atoms with Gasteiger partial charge in [-0.05, 0) is 30.2 Å². The minimum atomic E-state index is -0.0918. The Kier molecular flexibility index (Phi) is 8.58. The predicted octanol–water partition coefficient (Wildman–Crippen LogP) is 3.86. The molecule has 7 heteroatoms. The number of amides is 2. The van der Waals surface area contributed by atoms with Gasteiger partial charge in [-0.2, -0.15) is 0 Å². The number of hydrogen-bond donors (Lipinski definition) is 1. The standard InChI is InChI=1S/C22H26BrN3O2S/c23-19-8-4-9-20(14-19)24-21(27)16-29-17-22(28)26-11-5-10-25(12-13-26)15-18-6-2-1-3-7-18/h1-4,6-9,14H,5,10-13,15-17H2,(H,24,27). The molecule has 2 amide bonds. The monoisotopic (exact) mass is 475 g/mol. The Morgan fingerprint density at radius 1 is 0.966 bits per heavy atom. The first-order chi connectivity index (χ1) is 14.1. The van der Waals surface area contributed by atoms with Crippen molar-refractivity contribution in [2.75, 3.05) is 43.0 Å². The van der Waals surface area contributed by atoms with Crippen molar-refractivity contribution in [3.63, 3.8) is 0 Å². The van der Waals surface area contributed by atoms with Crippen LogP contribution < -0.4 is 5.32 Å². The van der Waals surface area contributed by atoms with Crippen LogP contribution in [0, 0.1) is 0 Å². The number of rotatable bonds is 7. The molecule has 0 saturated carbocycles. The molecule has 2 aromatic carbocycles. The Hall–Kier alpha value is -1.83. The number of nitrogens with zero attached hydrogens (tertiary/aromatic N) is 2. The fourth-order valence-corrected chi connectivity index (χ4v) is 4.42. The first-order valence-electron chi connectivity index (χ1n) is 9.77. The second kappa shape index (κ2) is 11.4. The number of carbonyl (C=O) groups excluding carboxylic acids is 2. The van der Waals surface area contributed by atoms with E-state index >= 15 is 0 Å². The van der Waals surface area contributed by atoms with E-state index in [2.05, 4.69) is 50.4 Å². The highest BCUT2D eigenvalue weighted by Crippen LogP contribution is 2.16. The van der Waals surface area contributed by atoms with Gasteiger partial charge in [-0.1, -0.05) is 52.3 Å². The van der Waals surface area contributed by atoms with Crippen molar-refractivity contribution in [1.29, 1.82) is 0 Å². The van der Waals surface area contributed by atoms with Gasteiger partial charge < -0.3 is 10.2 Å². The molecule has 0 aliphatic carbocycles. The van der Waals surface area contributed by atoms with Crippen LogP contribution in [0.2, 0.25) is 0 Å². The highest BCUT2D eigenvalue weighted by atomic mass is 79.9. The predicted molar refractivity (Wildman–Crippen MR) is 123 cm³/mol. The van der Waals surface area contributed by atoms with Crippen molar-refractivity contribution in [2.45, 2.75) is 13.0 Å². The van der Waals surface area contributed by atoms with Crippen molar-refractivity contribution in [3.05, 3.63) is 64.6 Å². The number of hydrogen-bond acceptors (Lipinski definition) is 4. The smallest absolute Gasteiger partial charge is 0.234 e. The van der Waals surface area contributed by atoms with Crippen LogP contribution in [0.4, 0.5) is 5.69 Å². The second-order valence-corrected chi connectivity index (χ2v) is 8.95. The molecular formula is C22H26BrN3O2S. The molecule has 0 bridgehead atoms. The summed E-state index contributed by atoms with van der Waals surface area (Å²) in [7, 11) is 0. The van der Waals surface area contributed by atoms with E-state index < -0.39 is 0 Å². The number of anilines is 1. The highest BCUT2D eigenvalue weighted by Gasteiger charge is 2.19. The van der Waals surface area contributed by atoms with Gasteiger partial charge >= 0.3 is 0 Å². The maximum absolute atomic E-state index is 12.5. The largest absolute Gasteiger partial charge is 0.341 e. The van der Waals surface area contributed by atoms with Gasteiger partial charge in [0.05, 0.1) is 11.5 Å². The van der Waals surface area contributed by atoms with Gasteiger partial charge in [0.15, 0.2) is 0 Å². The Morgan fingerprint density at radius 3 is 2.59 bits per heavy atom. The molecule has 0 atom stereocenters. The molecule has 1 aliphatic heterocycles. The van der Waals surface area contributed by atoms with E-state index in [9.17, 15) is 9.59 Å². The highest BCUT2D eigenvalue weighted by molar-refractivity contribution is 9.10. The van der Waals surface area contributed by atoms with E-state index in [-0.39, 0.29) is 17.6 Å². The van der Waals surface area contributed by atoms with Crippen molar-refractivity contribution in [3.8, 4) is 0 Å². The molecule has 0 unspecified atom stereocenters. The van der Waals surface area contributed by atoms with Crippen LogP contribution in [0.25, 0.3) is 0 Å². The average molecular weight is 476 g/mol. The summed E-state index contributed by atoms with van der Waals surface area (Å²) in [6, 6.07) is 17.9. The zero-order chi connectivity index (χ0) is 20.5. The van der Waals surface area contributed by atoms with Gasteiger partial charge in [-0.3, -0.25) is 14.5 Å². The molecule has 0 radical (unpaired) electrons. The molecule has 1 fully saturated rings. The van der Waals surface area contributed by atoms with Gasteiger partial charge in [0.2, 0.25) is 11.8 Å². The maximum Gasteiger partial charge on any atom is 0.234 e. The van der Waals surface area contributed by atoms with Crippen molar-refractivity contribution >= 4 is 45.2 Å². The van der Waals surface area contributed by atoms with Gasteiger partial charge in [0.25, 0.3) is 0 Å². The first kappa shape index (κ1) is 21.9. The Labute approximate surface area is 185 Å². The first-order valence-corrected chi connectivity index (χ1v) is 11.7. The van der Waals surface area contributed by atoms with Crippen molar-refractivity contribution < 1.29 is 9.59 Å². The summed E-state index contributed by atoms with van der Waals surface area (Å²) in [6.07, 6.45) is 0.979. The Morgan fingerprint density at radius 2 is 1.79 bits per heavy atom. The molecule has 1 heterocycles. The van der Waals surface area contributed by atoms with Crippen LogP contribution in [0.1, 0.15) is 12.0 Å². The van der Waals surface area contributed by atoms with Crippen LogP contribution >= 0.6 is 27.7 Å². The number of thioether (sulfide) groups is 1. The topological polar surface area (TPSA) is 52.7 Å². The lowest BCUT2D eigenvalue weighted by Crippen LogP contribution is -2.36. The molecule has 29 heavy (non-hydrogen) atoms. The number of carbonyl (C=O) groups is 2. The van der Waals surface area contributed by atoms with Crippen LogP contribution in [-0.4, -0.2) is 59.3 Å².